The molecule has 15 heavy (non-hydrogen) atoms. The molecule has 3 nitrogen and oxygen atoms in total. The van der Waals surface area contributed by atoms with Crippen molar-refractivity contribution >= 4 is 27.5 Å². The van der Waals surface area contributed by atoms with Gasteiger partial charge in [0.25, 0.3) is 0 Å². The summed E-state index contributed by atoms with van der Waals surface area (Å²) in [5.41, 5.74) is 0. The first kappa shape index (κ1) is 12.7. The van der Waals surface area contributed by atoms with Gasteiger partial charge in [-0.1, -0.05) is 13.8 Å². The lowest BCUT2D eigenvalue weighted by molar-refractivity contribution is 0.285. The zero-order valence-electron chi connectivity index (χ0n) is 8.83. The Balaban J connectivity index is 2.40. The van der Waals surface area contributed by atoms with Gasteiger partial charge in [-0.25, -0.2) is 4.98 Å². The van der Waals surface area contributed by atoms with Crippen molar-refractivity contribution in [2.45, 2.75) is 26.7 Å². The SMILES string of the molecule is CC(C)CCCOc1nc(Cl)ncc1Br. The minimum atomic E-state index is 0.206. The summed E-state index contributed by atoms with van der Waals surface area (Å²) in [6.45, 7) is 5.04. The minimum absolute atomic E-state index is 0.206. The molecule has 0 aliphatic rings. The molecule has 0 spiro atoms. The van der Waals surface area contributed by atoms with Crippen molar-refractivity contribution in [2.24, 2.45) is 5.92 Å². The molecule has 0 aromatic carbocycles. The zero-order valence-corrected chi connectivity index (χ0v) is 11.2. The van der Waals surface area contributed by atoms with Crippen LogP contribution in [0.25, 0.3) is 0 Å². The van der Waals surface area contributed by atoms with Crippen LogP contribution in [0.3, 0.4) is 0 Å². The highest BCUT2D eigenvalue weighted by molar-refractivity contribution is 9.10. The van der Waals surface area contributed by atoms with Crippen molar-refractivity contribution in [3.63, 3.8) is 0 Å². The van der Waals surface area contributed by atoms with Gasteiger partial charge in [0.15, 0.2) is 0 Å². The van der Waals surface area contributed by atoms with Gasteiger partial charge in [-0.05, 0) is 46.3 Å². The summed E-state index contributed by atoms with van der Waals surface area (Å²) in [5.74, 6) is 1.21. The third-order valence-electron chi connectivity index (χ3n) is 1.85. The first-order chi connectivity index (χ1) is 7.09. The van der Waals surface area contributed by atoms with E-state index in [0.29, 0.717) is 18.4 Å². The zero-order chi connectivity index (χ0) is 11.3. The van der Waals surface area contributed by atoms with Crippen molar-refractivity contribution in [3.8, 4) is 5.88 Å². The quantitative estimate of drug-likeness (QED) is 0.613. The van der Waals surface area contributed by atoms with Gasteiger partial charge >= 0.3 is 0 Å². The second-order valence-electron chi connectivity index (χ2n) is 3.68. The van der Waals surface area contributed by atoms with Gasteiger partial charge in [-0.15, -0.1) is 0 Å². The maximum Gasteiger partial charge on any atom is 0.232 e. The molecule has 0 fully saturated rings. The van der Waals surface area contributed by atoms with Crippen LogP contribution in [0.1, 0.15) is 26.7 Å². The third-order valence-corrected chi connectivity index (χ3v) is 2.57. The summed E-state index contributed by atoms with van der Waals surface area (Å²) in [6.07, 6.45) is 3.76. The highest BCUT2D eigenvalue weighted by atomic mass is 79.9. The van der Waals surface area contributed by atoms with Crippen LogP contribution in [0.4, 0.5) is 0 Å². The highest BCUT2D eigenvalue weighted by Crippen LogP contribution is 2.22. The molecular weight excluding hydrogens is 279 g/mol. The summed E-state index contributed by atoms with van der Waals surface area (Å²) < 4.78 is 6.22. The lowest BCUT2D eigenvalue weighted by Gasteiger charge is -2.07. The molecule has 0 saturated heterocycles. The largest absolute Gasteiger partial charge is 0.477 e. The number of hydrogen-bond donors (Lipinski definition) is 0. The first-order valence-corrected chi connectivity index (χ1v) is 6.07. The molecule has 1 aromatic heterocycles. The number of hydrogen-bond acceptors (Lipinski definition) is 3. The molecule has 0 aliphatic heterocycles. The van der Waals surface area contributed by atoms with Gasteiger partial charge in [-0.2, -0.15) is 4.98 Å². The Hall–Kier alpha value is -0.350. The van der Waals surface area contributed by atoms with E-state index in [-0.39, 0.29) is 5.28 Å². The van der Waals surface area contributed by atoms with E-state index >= 15 is 0 Å². The summed E-state index contributed by atoms with van der Waals surface area (Å²) in [7, 11) is 0. The van der Waals surface area contributed by atoms with Crippen molar-refractivity contribution in [1.29, 1.82) is 0 Å². The molecule has 1 heterocycles. The molecule has 0 atom stereocenters. The summed E-state index contributed by atoms with van der Waals surface area (Å²) >= 11 is 8.96. The van der Waals surface area contributed by atoms with Gasteiger partial charge in [-0.3, -0.25) is 0 Å². The van der Waals surface area contributed by atoms with Gasteiger partial charge in [0.2, 0.25) is 11.2 Å². The minimum Gasteiger partial charge on any atom is -0.477 e. The fourth-order valence-electron chi connectivity index (χ4n) is 1.09. The Morgan fingerprint density at radius 1 is 1.53 bits per heavy atom. The van der Waals surface area contributed by atoms with Crippen LogP contribution >= 0.6 is 27.5 Å². The molecule has 5 heteroatoms. The van der Waals surface area contributed by atoms with Crippen LogP contribution in [-0.4, -0.2) is 16.6 Å². The van der Waals surface area contributed by atoms with Crippen molar-refractivity contribution in [1.82, 2.24) is 9.97 Å². The van der Waals surface area contributed by atoms with Crippen LogP contribution in [0.5, 0.6) is 5.88 Å². The first-order valence-electron chi connectivity index (χ1n) is 4.90. The number of halogens is 2. The summed E-state index contributed by atoms with van der Waals surface area (Å²) in [5, 5.41) is 0.206. The normalized spacial score (nSPS) is 10.7. The molecule has 1 aromatic rings. The average molecular weight is 294 g/mol. The Morgan fingerprint density at radius 2 is 2.27 bits per heavy atom. The highest BCUT2D eigenvalue weighted by Gasteiger charge is 2.04. The van der Waals surface area contributed by atoms with Gasteiger partial charge in [0, 0.05) is 6.20 Å². The Morgan fingerprint density at radius 3 is 2.93 bits per heavy atom. The van der Waals surface area contributed by atoms with Gasteiger partial charge in [0.1, 0.15) is 0 Å². The van der Waals surface area contributed by atoms with Crippen LogP contribution < -0.4 is 4.74 Å². The van der Waals surface area contributed by atoms with Crippen LogP contribution in [-0.2, 0) is 0 Å². The van der Waals surface area contributed by atoms with Crippen LogP contribution in [0, 0.1) is 5.92 Å². The third kappa shape index (κ3) is 4.80. The fourth-order valence-corrected chi connectivity index (χ4v) is 1.52. The number of rotatable bonds is 5. The Kier molecular flexibility index (Phi) is 5.32. The average Bonchev–Trinajstić information content (AvgIpc) is 2.17. The molecule has 0 unspecified atom stereocenters. The molecule has 0 radical (unpaired) electrons. The predicted octanol–water partition coefficient (Wildman–Crippen LogP) is 3.71. The van der Waals surface area contributed by atoms with Crippen molar-refractivity contribution < 1.29 is 4.74 Å². The van der Waals surface area contributed by atoms with E-state index in [4.69, 9.17) is 16.3 Å². The van der Waals surface area contributed by atoms with E-state index < -0.39 is 0 Å². The van der Waals surface area contributed by atoms with Crippen LogP contribution in [0.15, 0.2) is 10.7 Å². The molecule has 0 saturated carbocycles. The summed E-state index contributed by atoms with van der Waals surface area (Å²) in [4.78, 5) is 7.80. The number of nitrogens with zero attached hydrogens (tertiary/aromatic N) is 2. The maximum atomic E-state index is 5.66. The lowest BCUT2D eigenvalue weighted by Crippen LogP contribution is -2.02. The summed E-state index contributed by atoms with van der Waals surface area (Å²) in [6, 6.07) is 0. The number of ether oxygens (including phenoxy) is 1. The smallest absolute Gasteiger partial charge is 0.232 e. The molecule has 0 N–H and O–H groups in total. The predicted molar refractivity (Wildman–Crippen MR) is 64.3 cm³/mol. The molecular formula is C10H14BrClN2O. The van der Waals surface area contributed by atoms with Crippen molar-refractivity contribution in [2.75, 3.05) is 6.61 Å². The van der Waals surface area contributed by atoms with E-state index in [2.05, 4.69) is 39.7 Å². The van der Waals surface area contributed by atoms with E-state index in [1.165, 1.54) is 0 Å². The standard InChI is InChI=1S/C10H14BrClN2O/c1-7(2)4-3-5-15-9-8(11)6-13-10(12)14-9/h6-7H,3-5H2,1-2H3. The second kappa shape index (κ2) is 6.28. The molecule has 0 bridgehead atoms. The van der Waals surface area contributed by atoms with E-state index in [0.717, 1.165) is 17.3 Å². The van der Waals surface area contributed by atoms with Crippen LogP contribution in [0.2, 0.25) is 5.28 Å². The fraction of sp³-hybridized carbons (Fsp3) is 0.600. The monoisotopic (exact) mass is 292 g/mol. The molecule has 0 aliphatic carbocycles. The molecule has 1 rings (SSSR count). The topological polar surface area (TPSA) is 35.0 Å². The van der Waals surface area contributed by atoms with Gasteiger partial charge in [0.05, 0.1) is 11.1 Å². The van der Waals surface area contributed by atoms with E-state index in [1.54, 1.807) is 6.20 Å². The lowest BCUT2D eigenvalue weighted by atomic mass is 10.1. The Labute approximate surface area is 103 Å². The van der Waals surface area contributed by atoms with Crippen molar-refractivity contribution in [3.05, 3.63) is 16.0 Å². The molecule has 0 amide bonds. The number of aromatic nitrogens is 2. The second-order valence-corrected chi connectivity index (χ2v) is 4.87. The van der Waals surface area contributed by atoms with E-state index in [9.17, 15) is 0 Å². The van der Waals surface area contributed by atoms with E-state index in [1.807, 2.05) is 0 Å². The maximum absolute atomic E-state index is 5.66. The molecule has 84 valence electrons. The van der Waals surface area contributed by atoms with Gasteiger partial charge < -0.3 is 4.74 Å². The Bertz CT molecular complexity index is 320.